The number of ketones is 1. The fourth-order valence-electron chi connectivity index (χ4n) is 4.12. The van der Waals surface area contributed by atoms with Crippen LogP contribution in [0.25, 0.3) is 0 Å². The van der Waals surface area contributed by atoms with Crippen molar-refractivity contribution in [1.82, 2.24) is 4.90 Å². The quantitative estimate of drug-likeness (QED) is 0.633. The first kappa shape index (κ1) is 23.8. The van der Waals surface area contributed by atoms with Crippen molar-refractivity contribution in [3.05, 3.63) is 81.6 Å². The molecule has 4 heteroatoms. The zero-order chi connectivity index (χ0) is 24.0. The highest BCUT2D eigenvalue weighted by Gasteiger charge is 2.46. The van der Waals surface area contributed by atoms with Crippen LogP contribution >= 0.6 is 0 Å². The monoisotopic (exact) mass is 433 g/mol. The molecule has 1 amide bonds. The second kappa shape index (κ2) is 8.23. The Morgan fingerprint density at radius 1 is 0.969 bits per heavy atom. The molecule has 1 aliphatic rings. The van der Waals surface area contributed by atoms with Crippen LogP contribution in [0.5, 0.6) is 0 Å². The van der Waals surface area contributed by atoms with E-state index in [1.807, 2.05) is 71.0 Å². The molecule has 0 radical (unpaired) electrons. The average Bonchev–Trinajstić information content (AvgIpc) is 2.93. The van der Waals surface area contributed by atoms with Gasteiger partial charge in [0.15, 0.2) is 11.5 Å². The molecule has 2 aromatic rings. The molecule has 170 valence electrons. The SMILES string of the molecule is Cc1ccc(C)c(CN2C(=O)C(O)=C(C(=O)C(C)(C)C)C2c2ccc(C(C)(C)C)cc2)c1. The number of benzene rings is 2. The van der Waals surface area contributed by atoms with Crippen LogP contribution in [-0.4, -0.2) is 21.7 Å². The molecular weight excluding hydrogens is 398 g/mol. The Morgan fingerprint density at radius 2 is 1.56 bits per heavy atom. The van der Waals surface area contributed by atoms with Crippen LogP contribution in [0, 0.1) is 19.3 Å². The van der Waals surface area contributed by atoms with E-state index in [-0.39, 0.29) is 16.8 Å². The van der Waals surface area contributed by atoms with Crippen LogP contribution < -0.4 is 0 Å². The Labute approximate surface area is 192 Å². The summed E-state index contributed by atoms with van der Waals surface area (Å²) >= 11 is 0. The second-order valence-corrected chi connectivity index (χ2v) is 11.0. The second-order valence-electron chi connectivity index (χ2n) is 11.0. The molecular formula is C28H35NO3. The first-order valence-electron chi connectivity index (χ1n) is 11.2. The zero-order valence-corrected chi connectivity index (χ0v) is 20.5. The molecule has 0 saturated heterocycles. The lowest BCUT2D eigenvalue weighted by Crippen LogP contribution is -2.32. The summed E-state index contributed by atoms with van der Waals surface area (Å²) in [6, 6.07) is 13.6. The van der Waals surface area contributed by atoms with Crippen molar-refractivity contribution in [2.45, 2.75) is 73.4 Å². The summed E-state index contributed by atoms with van der Waals surface area (Å²) in [6.45, 7) is 16.2. The molecule has 0 saturated carbocycles. The standard InChI is InChI=1S/C28H35NO3/c1-17-9-10-18(2)20(15-17)16-29-23(19-11-13-21(14-12-19)27(3,4)5)22(24(30)26(29)32)25(31)28(6,7)8/h9-15,23,30H,16H2,1-8H3. The summed E-state index contributed by atoms with van der Waals surface area (Å²) in [6.07, 6.45) is 0. The smallest absolute Gasteiger partial charge is 0.290 e. The van der Waals surface area contributed by atoms with E-state index in [0.717, 1.165) is 22.3 Å². The van der Waals surface area contributed by atoms with Crippen molar-refractivity contribution >= 4 is 11.7 Å². The molecule has 0 aromatic heterocycles. The van der Waals surface area contributed by atoms with E-state index in [2.05, 4.69) is 26.8 Å². The largest absolute Gasteiger partial charge is 0.503 e. The molecule has 1 unspecified atom stereocenters. The van der Waals surface area contributed by atoms with E-state index < -0.39 is 23.1 Å². The van der Waals surface area contributed by atoms with Gasteiger partial charge in [-0.05, 0) is 41.5 Å². The van der Waals surface area contributed by atoms with Crippen molar-refractivity contribution in [2.75, 3.05) is 0 Å². The van der Waals surface area contributed by atoms with Crippen molar-refractivity contribution in [2.24, 2.45) is 5.41 Å². The lowest BCUT2D eigenvalue weighted by molar-refractivity contribution is -0.130. The molecule has 32 heavy (non-hydrogen) atoms. The Morgan fingerprint density at radius 3 is 2.09 bits per heavy atom. The molecule has 2 aromatic carbocycles. The van der Waals surface area contributed by atoms with E-state index in [4.69, 9.17) is 0 Å². The highest BCUT2D eigenvalue weighted by molar-refractivity contribution is 6.10. The van der Waals surface area contributed by atoms with Gasteiger partial charge in [0.2, 0.25) is 0 Å². The van der Waals surface area contributed by atoms with Crippen molar-refractivity contribution in [3.63, 3.8) is 0 Å². The lowest BCUT2D eigenvalue weighted by atomic mass is 9.81. The minimum atomic E-state index is -0.720. The topological polar surface area (TPSA) is 57.6 Å². The normalized spacial score (nSPS) is 17.3. The van der Waals surface area contributed by atoms with Crippen LogP contribution in [-0.2, 0) is 21.5 Å². The predicted octanol–water partition coefficient (Wildman–Crippen LogP) is 6.11. The number of rotatable bonds is 4. The molecule has 1 aliphatic heterocycles. The van der Waals surface area contributed by atoms with Crippen molar-refractivity contribution in [3.8, 4) is 0 Å². The van der Waals surface area contributed by atoms with E-state index in [9.17, 15) is 14.7 Å². The molecule has 4 nitrogen and oxygen atoms in total. The maximum atomic E-state index is 13.4. The number of aryl methyl sites for hydroxylation is 2. The number of Topliss-reactive ketones (excluding diaryl/α,β-unsaturated/α-hetero) is 1. The summed E-state index contributed by atoms with van der Waals surface area (Å²) in [4.78, 5) is 28.2. The zero-order valence-electron chi connectivity index (χ0n) is 20.5. The van der Waals surface area contributed by atoms with Crippen LogP contribution in [0.2, 0.25) is 0 Å². The van der Waals surface area contributed by atoms with Gasteiger partial charge in [-0.3, -0.25) is 9.59 Å². The van der Waals surface area contributed by atoms with Gasteiger partial charge in [-0.1, -0.05) is 89.6 Å². The van der Waals surface area contributed by atoms with Gasteiger partial charge in [-0.15, -0.1) is 0 Å². The number of carbonyl (C=O) groups is 2. The number of carbonyl (C=O) groups excluding carboxylic acids is 2. The van der Waals surface area contributed by atoms with E-state index >= 15 is 0 Å². The molecule has 3 rings (SSSR count). The third-order valence-corrected chi connectivity index (χ3v) is 6.17. The fraction of sp³-hybridized carbons (Fsp3) is 0.429. The fourth-order valence-corrected chi connectivity index (χ4v) is 4.12. The van der Waals surface area contributed by atoms with Gasteiger partial charge in [0.1, 0.15) is 0 Å². The summed E-state index contributed by atoms with van der Waals surface area (Å²) in [5.74, 6) is -1.14. The number of hydrogen-bond donors (Lipinski definition) is 1. The van der Waals surface area contributed by atoms with Crippen LogP contribution in [0.1, 0.15) is 75.4 Å². The molecule has 0 aliphatic carbocycles. The molecule has 0 spiro atoms. The van der Waals surface area contributed by atoms with Gasteiger partial charge in [-0.2, -0.15) is 0 Å². The summed E-state index contributed by atoms with van der Waals surface area (Å²) in [7, 11) is 0. The summed E-state index contributed by atoms with van der Waals surface area (Å²) < 4.78 is 0. The minimum Gasteiger partial charge on any atom is -0.503 e. The Kier molecular flexibility index (Phi) is 6.12. The van der Waals surface area contributed by atoms with Crippen molar-refractivity contribution in [1.29, 1.82) is 0 Å². The Balaban J connectivity index is 2.13. The maximum absolute atomic E-state index is 13.4. The van der Waals surface area contributed by atoms with Gasteiger partial charge >= 0.3 is 0 Å². The number of aliphatic hydroxyl groups is 1. The first-order valence-corrected chi connectivity index (χ1v) is 11.2. The minimum absolute atomic E-state index is 0.00950. The average molecular weight is 434 g/mol. The predicted molar refractivity (Wildman–Crippen MR) is 128 cm³/mol. The van der Waals surface area contributed by atoms with Gasteiger partial charge in [-0.25, -0.2) is 0 Å². The first-order chi connectivity index (χ1) is 14.7. The lowest BCUT2D eigenvalue weighted by Gasteiger charge is -2.30. The molecule has 1 heterocycles. The Bertz CT molecular complexity index is 1080. The highest BCUT2D eigenvalue weighted by atomic mass is 16.3. The van der Waals surface area contributed by atoms with E-state index in [0.29, 0.717) is 6.54 Å². The maximum Gasteiger partial charge on any atom is 0.290 e. The number of amides is 1. The molecule has 0 bridgehead atoms. The third-order valence-electron chi connectivity index (χ3n) is 6.17. The van der Waals surface area contributed by atoms with Crippen molar-refractivity contribution < 1.29 is 14.7 Å². The molecule has 1 N–H and O–H groups in total. The van der Waals surface area contributed by atoms with E-state index in [1.54, 1.807) is 4.90 Å². The van der Waals surface area contributed by atoms with Gasteiger partial charge in [0.25, 0.3) is 5.91 Å². The summed E-state index contributed by atoms with van der Waals surface area (Å²) in [5, 5.41) is 10.8. The number of aliphatic hydroxyl groups excluding tert-OH is 1. The number of nitrogens with zero attached hydrogens (tertiary/aromatic N) is 1. The molecule has 0 fully saturated rings. The molecule has 1 atom stereocenters. The highest BCUT2D eigenvalue weighted by Crippen LogP contribution is 2.42. The Hall–Kier alpha value is -2.88. The summed E-state index contributed by atoms with van der Waals surface area (Å²) in [5.41, 5.74) is 4.64. The van der Waals surface area contributed by atoms with E-state index in [1.165, 1.54) is 5.56 Å². The third kappa shape index (κ3) is 4.50. The van der Waals surface area contributed by atoms with Gasteiger partial charge in [0.05, 0.1) is 11.6 Å². The van der Waals surface area contributed by atoms with Gasteiger partial charge < -0.3 is 10.0 Å². The van der Waals surface area contributed by atoms with Crippen LogP contribution in [0.15, 0.2) is 53.8 Å². The van der Waals surface area contributed by atoms with Gasteiger partial charge in [0, 0.05) is 12.0 Å². The number of hydrogen-bond acceptors (Lipinski definition) is 3. The van der Waals surface area contributed by atoms with Crippen LogP contribution in [0.4, 0.5) is 0 Å². The van der Waals surface area contributed by atoms with Crippen LogP contribution in [0.3, 0.4) is 0 Å².